The molecule has 3 fully saturated rings. The van der Waals surface area contributed by atoms with Gasteiger partial charge in [0.05, 0.1) is 12.2 Å². The van der Waals surface area contributed by atoms with Crippen LogP contribution in [0.15, 0.2) is 11.1 Å². The topological polar surface area (TPSA) is 35.2 Å². The number of hydrogen-bond donors (Lipinski definition) is 1. The van der Waals surface area contributed by atoms with Crippen molar-refractivity contribution in [2.75, 3.05) is 6.61 Å². The number of hydrogen-bond acceptors (Lipinski definition) is 2. The van der Waals surface area contributed by atoms with Crippen molar-refractivity contribution < 1.29 is 4.74 Å². The molecule has 0 amide bonds. The van der Waals surface area contributed by atoms with Gasteiger partial charge in [0.15, 0.2) is 0 Å². The van der Waals surface area contributed by atoms with Crippen molar-refractivity contribution in [1.82, 2.24) is 0 Å². The molecule has 2 N–H and O–H groups in total. The first kappa shape index (κ1) is 11.7. The first-order valence-electron chi connectivity index (χ1n) is 7.37. The SMILES string of the molecule is NC1CCC(=C2CCOC3(CCCC3)C2)CC1. The number of rotatable bonds is 0. The molecule has 0 aromatic heterocycles. The minimum atomic E-state index is 0.250. The van der Waals surface area contributed by atoms with E-state index in [-0.39, 0.29) is 5.60 Å². The van der Waals surface area contributed by atoms with E-state index in [0.717, 1.165) is 6.61 Å². The van der Waals surface area contributed by atoms with Crippen molar-refractivity contribution in [3.05, 3.63) is 11.1 Å². The average molecular weight is 235 g/mol. The molecule has 0 atom stereocenters. The van der Waals surface area contributed by atoms with Gasteiger partial charge < -0.3 is 10.5 Å². The highest BCUT2D eigenvalue weighted by Crippen LogP contribution is 2.43. The summed E-state index contributed by atoms with van der Waals surface area (Å²) in [6, 6.07) is 0.458. The van der Waals surface area contributed by atoms with E-state index in [4.69, 9.17) is 10.5 Å². The molecule has 1 aliphatic heterocycles. The summed E-state index contributed by atoms with van der Waals surface area (Å²) in [6.45, 7) is 0.963. The van der Waals surface area contributed by atoms with Crippen molar-refractivity contribution >= 4 is 0 Å². The fourth-order valence-electron chi connectivity index (χ4n) is 3.90. The summed E-state index contributed by atoms with van der Waals surface area (Å²) in [6.07, 6.45) is 12.7. The quantitative estimate of drug-likeness (QED) is 0.654. The van der Waals surface area contributed by atoms with Gasteiger partial charge in [-0.25, -0.2) is 0 Å². The zero-order valence-corrected chi connectivity index (χ0v) is 10.8. The highest BCUT2D eigenvalue weighted by molar-refractivity contribution is 5.21. The molecule has 3 rings (SSSR count). The smallest absolute Gasteiger partial charge is 0.0719 e. The average Bonchev–Trinajstić information content (AvgIpc) is 2.78. The lowest BCUT2D eigenvalue weighted by Crippen LogP contribution is -2.35. The molecule has 3 aliphatic rings. The van der Waals surface area contributed by atoms with Gasteiger partial charge in [0.1, 0.15) is 0 Å². The Labute approximate surface area is 105 Å². The van der Waals surface area contributed by atoms with Crippen LogP contribution in [0.25, 0.3) is 0 Å². The molecule has 0 aromatic rings. The summed E-state index contributed by atoms with van der Waals surface area (Å²) in [7, 11) is 0. The highest BCUT2D eigenvalue weighted by Gasteiger charge is 2.38. The van der Waals surface area contributed by atoms with Gasteiger partial charge >= 0.3 is 0 Å². The maximum Gasteiger partial charge on any atom is 0.0719 e. The van der Waals surface area contributed by atoms with E-state index in [1.807, 2.05) is 0 Å². The maximum absolute atomic E-state index is 6.11. The Hall–Kier alpha value is -0.340. The molecule has 2 aliphatic carbocycles. The Bertz CT molecular complexity index is 305. The van der Waals surface area contributed by atoms with Gasteiger partial charge in [0.25, 0.3) is 0 Å². The molecule has 1 spiro atoms. The van der Waals surface area contributed by atoms with Gasteiger partial charge in [-0.1, -0.05) is 24.0 Å². The van der Waals surface area contributed by atoms with Crippen LogP contribution in [0.1, 0.15) is 64.2 Å². The lowest BCUT2D eigenvalue weighted by atomic mass is 9.81. The van der Waals surface area contributed by atoms with E-state index in [2.05, 4.69) is 0 Å². The lowest BCUT2D eigenvalue weighted by molar-refractivity contribution is -0.0564. The van der Waals surface area contributed by atoms with Crippen LogP contribution in [0.2, 0.25) is 0 Å². The molecule has 2 nitrogen and oxygen atoms in total. The van der Waals surface area contributed by atoms with Crippen molar-refractivity contribution in [3.63, 3.8) is 0 Å². The number of ether oxygens (including phenoxy) is 1. The van der Waals surface area contributed by atoms with Crippen LogP contribution in [0.4, 0.5) is 0 Å². The molecule has 0 aromatic carbocycles. The molecule has 1 saturated heterocycles. The van der Waals surface area contributed by atoms with Crippen molar-refractivity contribution in [2.24, 2.45) is 5.73 Å². The molecular formula is C15H25NO. The molecule has 0 bridgehead atoms. The molecular weight excluding hydrogens is 210 g/mol. The summed E-state index contributed by atoms with van der Waals surface area (Å²) in [5.74, 6) is 0. The Morgan fingerprint density at radius 3 is 2.41 bits per heavy atom. The minimum absolute atomic E-state index is 0.250. The Kier molecular flexibility index (Phi) is 3.27. The molecule has 2 saturated carbocycles. The molecule has 0 radical (unpaired) electrons. The van der Waals surface area contributed by atoms with Crippen LogP contribution >= 0.6 is 0 Å². The first-order valence-corrected chi connectivity index (χ1v) is 7.37. The van der Waals surface area contributed by atoms with E-state index < -0.39 is 0 Å². The molecule has 0 unspecified atom stereocenters. The van der Waals surface area contributed by atoms with Crippen LogP contribution in [0, 0.1) is 0 Å². The zero-order chi connectivity index (χ0) is 11.7. The second kappa shape index (κ2) is 4.74. The highest BCUT2D eigenvalue weighted by atomic mass is 16.5. The van der Waals surface area contributed by atoms with Crippen molar-refractivity contribution in [2.45, 2.75) is 75.9 Å². The second-order valence-corrected chi connectivity index (χ2v) is 6.21. The summed E-state index contributed by atoms with van der Waals surface area (Å²) in [4.78, 5) is 0. The third-order valence-electron chi connectivity index (χ3n) is 5.00. The van der Waals surface area contributed by atoms with Gasteiger partial charge in [0.2, 0.25) is 0 Å². The third kappa shape index (κ3) is 2.43. The monoisotopic (exact) mass is 235 g/mol. The predicted molar refractivity (Wildman–Crippen MR) is 69.9 cm³/mol. The van der Waals surface area contributed by atoms with Crippen molar-refractivity contribution in [3.8, 4) is 0 Å². The van der Waals surface area contributed by atoms with Gasteiger partial charge in [0, 0.05) is 6.04 Å². The number of allylic oxidation sites excluding steroid dienone is 1. The van der Waals surface area contributed by atoms with Gasteiger partial charge in [-0.15, -0.1) is 0 Å². The fourth-order valence-corrected chi connectivity index (χ4v) is 3.90. The first-order chi connectivity index (χ1) is 8.27. The van der Waals surface area contributed by atoms with Crippen LogP contribution in [0.5, 0.6) is 0 Å². The van der Waals surface area contributed by atoms with E-state index in [9.17, 15) is 0 Å². The van der Waals surface area contributed by atoms with E-state index in [0.29, 0.717) is 6.04 Å². The summed E-state index contributed by atoms with van der Waals surface area (Å²) in [5.41, 5.74) is 9.72. The third-order valence-corrected chi connectivity index (χ3v) is 5.00. The second-order valence-electron chi connectivity index (χ2n) is 6.21. The summed E-state index contributed by atoms with van der Waals surface area (Å²) < 4.78 is 6.11. The summed E-state index contributed by atoms with van der Waals surface area (Å²) >= 11 is 0. The molecule has 17 heavy (non-hydrogen) atoms. The largest absolute Gasteiger partial charge is 0.374 e. The van der Waals surface area contributed by atoms with E-state index in [1.165, 1.54) is 64.2 Å². The van der Waals surface area contributed by atoms with Crippen molar-refractivity contribution in [1.29, 1.82) is 0 Å². The van der Waals surface area contributed by atoms with Gasteiger partial charge in [-0.05, 0) is 51.4 Å². The predicted octanol–water partition coefficient (Wildman–Crippen LogP) is 3.31. The Morgan fingerprint density at radius 2 is 1.71 bits per heavy atom. The van der Waals surface area contributed by atoms with Crippen LogP contribution in [-0.4, -0.2) is 18.2 Å². The van der Waals surface area contributed by atoms with E-state index >= 15 is 0 Å². The van der Waals surface area contributed by atoms with Gasteiger partial charge in [-0.2, -0.15) is 0 Å². The maximum atomic E-state index is 6.11. The van der Waals surface area contributed by atoms with Crippen LogP contribution < -0.4 is 5.73 Å². The molecule has 1 heterocycles. The van der Waals surface area contributed by atoms with Crippen LogP contribution in [0.3, 0.4) is 0 Å². The Morgan fingerprint density at radius 1 is 1.00 bits per heavy atom. The van der Waals surface area contributed by atoms with E-state index in [1.54, 1.807) is 11.1 Å². The zero-order valence-electron chi connectivity index (χ0n) is 10.8. The lowest BCUT2D eigenvalue weighted by Gasteiger charge is -2.37. The minimum Gasteiger partial charge on any atom is -0.374 e. The Balaban J connectivity index is 1.72. The molecule has 2 heteroatoms. The number of nitrogens with two attached hydrogens (primary N) is 1. The standard InChI is InChI=1S/C15H25NO/c16-14-5-3-12(4-6-14)13-7-10-17-15(11-13)8-1-2-9-15/h14H,1-11,16H2. The molecule has 96 valence electrons. The van der Waals surface area contributed by atoms with Gasteiger partial charge in [-0.3, -0.25) is 0 Å². The fraction of sp³-hybridized carbons (Fsp3) is 0.867. The summed E-state index contributed by atoms with van der Waals surface area (Å²) in [5, 5.41) is 0. The normalized spacial score (nSPS) is 33.4. The van der Waals surface area contributed by atoms with Crippen LogP contribution in [-0.2, 0) is 4.74 Å².